The van der Waals surface area contributed by atoms with E-state index in [0.29, 0.717) is 25.9 Å². The summed E-state index contributed by atoms with van der Waals surface area (Å²) >= 11 is 3.06. The molecule has 2 aromatic rings. The van der Waals surface area contributed by atoms with Gasteiger partial charge in [-0.2, -0.15) is 0 Å². The first kappa shape index (κ1) is 19.5. The summed E-state index contributed by atoms with van der Waals surface area (Å²) in [6, 6.07) is 0.0247. The molecule has 1 aliphatic rings. The number of hydrogen-bond acceptors (Lipinski definition) is 7. The van der Waals surface area contributed by atoms with Crippen molar-refractivity contribution in [2.75, 3.05) is 25.1 Å². The van der Waals surface area contributed by atoms with Gasteiger partial charge in [0.2, 0.25) is 15.9 Å². The molecule has 1 saturated heterocycles. The zero-order valence-electron chi connectivity index (χ0n) is 15.0. The highest BCUT2D eigenvalue weighted by Crippen LogP contribution is 2.34. The molecule has 10 heteroatoms. The fourth-order valence-electron chi connectivity index (χ4n) is 2.99. The quantitative estimate of drug-likeness (QED) is 0.594. The van der Waals surface area contributed by atoms with Crippen LogP contribution in [0.2, 0.25) is 0 Å². The highest BCUT2D eigenvalue weighted by molar-refractivity contribution is 8.00. The van der Waals surface area contributed by atoms with Crippen LogP contribution in [-0.2, 0) is 14.8 Å². The molecule has 3 rings (SSSR count). The SMILES string of the molecule is Cc1sc2ncnc(SCC(=O)NC3CCN(S(C)(=O)=O)CC3)c2c1C. The Labute approximate surface area is 161 Å². The lowest BCUT2D eigenvalue weighted by molar-refractivity contribution is -0.119. The van der Waals surface area contributed by atoms with Crippen LogP contribution in [0.1, 0.15) is 23.3 Å². The molecule has 0 unspecified atom stereocenters. The van der Waals surface area contributed by atoms with E-state index in [9.17, 15) is 13.2 Å². The third-order valence-corrected chi connectivity index (χ3v) is 7.97. The minimum absolute atomic E-state index is 0.0247. The molecule has 1 fully saturated rings. The summed E-state index contributed by atoms with van der Waals surface area (Å²) in [5, 5.41) is 4.88. The summed E-state index contributed by atoms with van der Waals surface area (Å²) in [5.74, 6) is 0.233. The summed E-state index contributed by atoms with van der Waals surface area (Å²) in [5.41, 5.74) is 1.17. The van der Waals surface area contributed by atoms with Crippen molar-refractivity contribution in [2.24, 2.45) is 0 Å². The first-order valence-electron chi connectivity index (χ1n) is 8.33. The number of aryl methyl sites for hydroxylation is 2. The predicted octanol–water partition coefficient (Wildman–Crippen LogP) is 1.94. The van der Waals surface area contributed by atoms with E-state index < -0.39 is 10.0 Å². The highest BCUT2D eigenvalue weighted by atomic mass is 32.2. The normalized spacial score (nSPS) is 16.9. The van der Waals surface area contributed by atoms with Gasteiger partial charge in [-0.1, -0.05) is 11.8 Å². The van der Waals surface area contributed by atoms with Crippen LogP contribution in [0.5, 0.6) is 0 Å². The first-order valence-corrected chi connectivity index (χ1v) is 12.0. The Morgan fingerprint density at radius 2 is 2.04 bits per heavy atom. The number of thiophene rings is 1. The van der Waals surface area contributed by atoms with Gasteiger partial charge in [0.1, 0.15) is 16.2 Å². The predicted molar refractivity (Wildman–Crippen MR) is 105 cm³/mol. The van der Waals surface area contributed by atoms with Crippen LogP contribution < -0.4 is 5.32 Å². The van der Waals surface area contributed by atoms with Crippen LogP contribution >= 0.6 is 23.1 Å². The second-order valence-corrected chi connectivity index (χ2v) is 10.6. The number of amides is 1. The van der Waals surface area contributed by atoms with Crippen molar-refractivity contribution in [1.82, 2.24) is 19.6 Å². The lowest BCUT2D eigenvalue weighted by Crippen LogP contribution is -2.46. The fraction of sp³-hybridized carbons (Fsp3) is 0.562. The molecule has 1 N–H and O–H groups in total. The maximum Gasteiger partial charge on any atom is 0.230 e. The summed E-state index contributed by atoms with van der Waals surface area (Å²) in [6.07, 6.45) is 4.05. The van der Waals surface area contributed by atoms with Crippen molar-refractivity contribution in [2.45, 2.75) is 37.8 Å². The Kier molecular flexibility index (Phi) is 5.85. The number of carbonyl (C=O) groups excluding carboxylic acids is 1. The second kappa shape index (κ2) is 7.79. The summed E-state index contributed by atoms with van der Waals surface area (Å²) in [4.78, 5) is 23.1. The minimum Gasteiger partial charge on any atom is -0.353 e. The number of aromatic nitrogens is 2. The van der Waals surface area contributed by atoms with Crippen LogP contribution in [0, 0.1) is 13.8 Å². The molecular weight excluding hydrogens is 392 g/mol. The van der Waals surface area contributed by atoms with E-state index in [-0.39, 0.29) is 17.7 Å². The van der Waals surface area contributed by atoms with Crippen molar-refractivity contribution in [1.29, 1.82) is 0 Å². The first-order chi connectivity index (χ1) is 12.3. The molecule has 1 aliphatic heterocycles. The van der Waals surface area contributed by atoms with E-state index in [4.69, 9.17) is 0 Å². The van der Waals surface area contributed by atoms with Gasteiger partial charge in [0.25, 0.3) is 0 Å². The Morgan fingerprint density at radius 1 is 1.35 bits per heavy atom. The summed E-state index contributed by atoms with van der Waals surface area (Å²) in [7, 11) is -3.14. The monoisotopic (exact) mass is 414 g/mol. The Morgan fingerprint density at radius 3 is 2.69 bits per heavy atom. The van der Waals surface area contributed by atoms with Crippen LogP contribution in [-0.4, -0.2) is 59.7 Å². The number of carbonyl (C=O) groups is 1. The standard InChI is InChI=1S/C16H22N4O3S3/c1-10-11(2)25-16-14(10)15(17-9-18-16)24-8-13(21)19-12-4-6-20(7-5-12)26(3,22)23/h9,12H,4-8H2,1-3H3,(H,19,21). The molecule has 26 heavy (non-hydrogen) atoms. The fourth-order valence-corrected chi connectivity index (χ4v) is 5.80. The smallest absolute Gasteiger partial charge is 0.230 e. The molecule has 142 valence electrons. The van der Waals surface area contributed by atoms with E-state index in [1.807, 2.05) is 0 Å². The van der Waals surface area contributed by atoms with E-state index in [1.165, 1.54) is 32.8 Å². The number of sulfonamides is 1. The van der Waals surface area contributed by atoms with E-state index >= 15 is 0 Å². The molecule has 0 saturated carbocycles. The lowest BCUT2D eigenvalue weighted by Gasteiger charge is -2.30. The van der Waals surface area contributed by atoms with Crippen molar-refractivity contribution in [3.8, 4) is 0 Å². The molecule has 0 aromatic carbocycles. The van der Waals surface area contributed by atoms with Gasteiger partial charge in [0, 0.05) is 29.4 Å². The molecule has 0 atom stereocenters. The number of nitrogens with zero attached hydrogens (tertiary/aromatic N) is 3. The van der Waals surface area contributed by atoms with Crippen molar-refractivity contribution < 1.29 is 13.2 Å². The van der Waals surface area contributed by atoms with Crippen molar-refractivity contribution in [3.63, 3.8) is 0 Å². The van der Waals surface area contributed by atoms with E-state index in [1.54, 1.807) is 17.7 Å². The topological polar surface area (TPSA) is 92.3 Å². The third kappa shape index (κ3) is 4.36. The van der Waals surface area contributed by atoms with Gasteiger partial charge in [-0.15, -0.1) is 11.3 Å². The summed E-state index contributed by atoms with van der Waals surface area (Å²) in [6.45, 7) is 5.02. The van der Waals surface area contributed by atoms with E-state index in [0.717, 1.165) is 15.2 Å². The van der Waals surface area contributed by atoms with Crippen LogP contribution in [0.4, 0.5) is 0 Å². The zero-order valence-corrected chi connectivity index (χ0v) is 17.4. The van der Waals surface area contributed by atoms with E-state index in [2.05, 4.69) is 29.1 Å². The van der Waals surface area contributed by atoms with Crippen molar-refractivity contribution in [3.05, 3.63) is 16.8 Å². The largest absolute Gasteiger partial charge is 0.353 e. The number of hydrogen-bond donors (Lipinski definition) is 1. The maximum atomic E-state index is 12.3. The number of fused-ring (bicyclic) bond motifs is 1. The van der Waals surface area contributed by atoms with Gasteiger partial charge in [0.05, 0.1) is 12.0 Å². The summed E-state index contributed by atoms with van der Waals surface area (Å²) < 4.78 is 24.5. The zero-order chi connectivity index (χ0) is 18.9. The highest BCUT2D eigenvalue weighted by Gasteiger charge is 2.25. The number of rotatable bonds is 5. The van der Waals surface area contributed by atoms with Gasteiger partial charge >= 0.3 is 0 Å². The Bertz CT molecular complexity index is 918. The molecule has 0 bridgehead atoms. The molecule has 0 aliphatic carbocycles. The molecule has 2 aromatic heterocycles. The number of nitrogens with one attached hydrogen (secondary N) is 1. The minimum atomic E-state index is -3.14. The number of piperidine rings is 1. The Hall–Kier alpha value is -1.23. The van der Waals surface area contributed by atoms with Crippen LogP contribution in [0.3, 0.4) is 0 Å². The Balaban J connectivity index is 1.56. The van der Waals surface area contributed by atoms with Gasteiger partial charge in [-0.25, -0.2) is 22.7 Å². The lowest BCUT2D eigenvalue weighted by atomic mass is 10.1. The molecule has 3 heterocycles. The third-order valence-electron chi connectivity index (χ3n) is 4.56. The average molecular weight is 415 g/mol. The maximum absolute atomic E-state index is 12.3. The van der Waals surface area contributed by atoms with Crippen LogP contribution in [0.15, 0.2) is 11.4 Å². The molecule has 1 amide bonds. The molecule has 0 spiro atoms. The van der Waals surface area contributed by atoms with Gasteiger partial charge in [-0.05, 0) is 32.3 Å². The molecule has 7 nitrogen and oxygen atoms in total. The van der Waals surface area contributed by atoms with Crippen molar-refractivity contribution >= 4 is 49.2 Å². The average Bonchev–Trinajstić information content (AvgIpc) is 2.88. The van der Waals surface area contributed by atoms with Gasteiger partial charge < -0.3 is 5.32 Å². The molecular formula is C16H22N4O3S3. The number of thioether (sulfide) groups is 1. The second-order valence-electron chi connectivity index (χ2n) is 6.43. The molecule has 0 radical (unpaired) electrons. The van der Waals surface area contributed by atoms with Crippen LogP contribution in [0.25, 0.3) is 10.2 Å². The van der Waals surface area contributed by atoms with Gasteiger partial charge in [0.15, 0.2) is 0 Å². The van der Waals surface area contributed by atoms with Gasteiger partial charge in [-0.3, -0.25) is 4.79 Å².